The number of carboxylic acids is 1. The number of rotatable bonds is 13. The number of carbonyl (C=O) groups excluding carboxylic acids is 1. The summed E-state index contributed by atoms with van der Waals surface area (Å²) < 4.78 is 5.32. The molecule has 0 radical (unpaired) electrons. The molecule has 1 heterocycles. The minimum Gasteiger partial charge on any atom is -0.481 e. The molecule has 1 amide bonds. The summed E-state index contributed by atoms with van der Waals surface area (Å²) >= 11 is 0. The molecule has 2 N–H and O–H groups in total. The number of hydrogen-bond acceptors (Lipinski definition) is 6. The van der Waals surface area contributed by atoms with Crippen LogP contribution in [0.2, 0.25) is 0 Å². The van der Waals surface area contributed by atoms with Crippen molar-refractivity contribution < 1.29 is 29.5 Å². The number of carboxylic acid groups (broad SMARTS) is 1. The minimum atomic E-state index is -0.896. The van der Waals surface area contributed by atoms with Crippen LogP contribution < -0.4 is 0 Å². The Bertz CT molecular complexity index is 738. The van der Waals surface area contributed by atoms with Gasteiger partial charge >= 0.3 is 5.97 Å². The Balaban J connectivity index is 1.83. The average molecular weight is 437 g/mol. The van der Waals surface area contributed by atoms with Gasteiger partial charge in [0.2, 0.25) is 5.91 Å². The third kappa shape index (κ3) is 8.26. The van der Waals surface area contributed by atoms with Crippen molar-refractivity contribution in [2.75, 3.05) is 19.8 Å². The molecule has 3 atom stereocenters. The van der Waals surface area contributed by atoms with Crippen LogP contribution in [0.25, 0.3) is 0 Å². The fourth-order valence-corrected chi connectivity index (χ4v) is 4.12. The number of ether oxygens (including phenoxy) is 1. The molecule has 0 spiro atoms. The van der Waals surface area contributed by atoms with Crippen molar-refractivity contribution in [3.05, 3.63) is 39.9 Å². The zero-order valence-corrected chi connectivity index (χ0v) is 17.9. The van der Waals surface area contributed by atoms with Gasteiger partial charge in [-0.3, -0.25) is 19.7 Å². The molecule has 31 heavy (non-hydrogen) atoms. The van der Waals surface area contributed by atoms with Crippen molar-refractivity contribution in [1.82, 2.24) is 4.90 Å². The van der Waals surface area contributed by atoms with Crippen LogP contribution in [0.1, 0.15) is 51.0 Å². The van der Waals surface area contributed by atoms with E-state index in [0.29, 0.717) is 38.8 Å². The van der Waals surface area contributed by atoms with Gasteiger partial charge in [0.1, 0.15) is 0 Å². The Morgan fingerprint density at radius 3 is 2.68 bits per heavy atom. The number of nitro benzene ring substituents is 1. The lowest BCUT2D eigenvalue weighted by atomic mass is 9.86. The van der Waals surface area contributed by atoms with Crippen LogP contribution in [-0.2, 0) is 20.7 Å². The first-order valence-electron chi connectivity index (χ1n) is 10.8. The third-order valence-electron chi connectivity index (χ3n) is 5.68. The summed E-state index contributed by atoms with van der Waals surface area (Å²) in [5, 5.41) is 29.9. The number of aliphatic hydroxyl groups excluding tert-OH is 1. The predicted molar refractivity (Wildman–Crippen MR) is 114 cm³/mol. The highest BCUT2D eigenvalue weighted by atomic mass is 16.6. The Labute approximate surface area is 182 Å². The maximum Gasteiger partial charge on any atom is 0.305 e. The number of aliphatic carboxylic acids is 1. The zero-order chi connectivity index (χ0) is 22.8. The Hall–Kier alpha value is -2.52. The third-order valence-corrected chi connectivity index (χ3v) is 5.68. The Morgan fingerprint density at radius 2 is 2.03 bits per heavy atom. The monoisotopic (exact) mass is 436 g/mol. The van der Waals surface area contributed by atoms with E-state index >= 15 is 0 Å². The highest BCUT2D eigenvalue weighted by Gasteiger charge is 2.32. The molecule has 1 aromatic rings. The fraction of sp³-hybridized carbons (Fsp3) is 0.636. The van der Waals surface area contributed by atoms with Gasteiger partial charge in [0.25, 0.3) is 5.69 Å². The van der Waals surface area contributed by atoms with E-state index in [1.54, 1.807) is 12.1 Å². The molecule has 2 rings (SSSR count). The van der Waals surface area contributed by atoms with E-state index in [0.717, 1.165) is 18.4 Å². The minimum absolute atomic E-state index is 0.0231. The van der Waals surface area contributed by atoms with E-state index in [1.165, 1.54) is 12.1 Å². The van der Waals surface area contributed by atoms with E-state index in [-0.39, 0.29) is 36.6 Å². The standard InChI is InChI=1S/C22H32N2O7/c1-16(14-19(25)15-17-6-8-18(9-7-17)24(29)30)20-4-2-5-21(26)23(20)11-3-12-31-13-10-22(27)28/h6-9,16,19-20,25H,2-5,10-15H2,1H3,(H,27,28)/t16-,19?,20+/m0/s1. The van der Waals surface area contributed by atoms with Crippen LogP contribution in [-0.4, -0.2) is 63.8 Å². The number of benzene rings is 1. The number of nitrogens with zero attached hydrogens (tertiary/aromatic N) is 2. The van der Waals surface area contributed by atoms with Crippen LogP contribution in [0, 0.1) is 16.0 Å². The van der Waals surface area contributed by atoms with E-state index in [4.69, 9.17) is 9.84 Å². The quantitative estimate of drug-likeness (QED) is 0.276. The van der Waals surface area contributed by atoms with Crippen LogP contribution in [0.3, 0.4) is 0 Å². The summed E-state index contributed by atoms with van der Waals surface area (Å²) in [5.41, 5.74) is 0.857. The van der Waals surface area contributed by atoms with Crippen molar-refractivity contribution in [2.45, 2.75) is 64.0 Å². The van der Waals surface area contributed by atoms with E-state index in [2.05, 4.69) is 0 Å². The number of hydrogen-bond donors (Lipinski definition) is 2. The van der Waals surface area contributed by atoms with Crippen molar-refractivity contribution in [1.29, 1.82) is 0 Å². The summed E-state index contributed by atoms with van der Waals surface area (Å²) in [6.07, 6.45) is 3.17. The van der Waals surface area contributed by atoms with Crippen LogP contribution >= 0.6 is 0 Å². The van der Waals surface area contributed by atoms with E-state index < -0.39 is 17.0 Å². The smallest absolute Gasteiger partial charge is 0.305 e. The molecule has 172 valence electrons. The van der Waals surface area contributed by atoms with Crippen molar-refractivity contribution in [3.8, 4) is 0 Å². The molecule has 0 saturated carbocycles. The molecule has 1 fully saturated rings. The van der Waals surface area contributed by atoms with Gasteiger partial charge in [-0.1, -0.05) is 19.1 Å². The van der Waals surface area contributed by atoms with Gasteiger partial charge in [0.05, 0.1) is 24.1 Å². The van der Waals surface area contributed by atoms with Crippen molar-refractivity contribution >= 4 is 17.6 Å². The number of carbonyl (C=O) groups is 2. The number of aliphatic hydroxyl groups is 1. The van der Waals surface area contributed by atoms with Crippen LogP contribution in [0.15, 0.2) is 24.3 Å². The summed E-state index contributed by atoms with van der Waals surface area (Å²) in [7, 11) is 0. The van der Waals surface area contributed by atoms with Crippen molar-refractivity contribution in [2.24, 2.45) is 5.92 Å². The lowest BCUT2D eigenvalue weighted by Crippen LogP contribution is -2.48. The highest BCUT2D eigenvalue weighted by Crippen LogP contribution is 2.28. The van der Waals surface area contributed by atoms with E-state index in [1.807, 2.05) is 11.8 Å². The summed E-state index contributed by atoms with van der Waals surface area (Å²) in [6.45, 7) is 3.16. The largest absolute Gasteiger partial charge is 0.481 e. The van der Waals surface area contributed by atoms with Gasteiger partial charge in [-0.05, 0) is 43.6 Å². The highest BCUT2D eigenvalue weighted by molar-refractivity contribution is 5.77. The molecule has 0 aliphatic carbocycles. The summed E-state index contributed by atoms with van der Waals surface area (Å²) in [6, 6.07) is 6.24. The lowest BCUT2D eigenvalue weighted by Gasteiger charge is -2.40. The Kier molecular flexibility index (Phi) is 9.87. The average Bonchev–Trinajstić information content (AvgIpc) is 2.71. The van der Waals surface area contributed by atoms with Crippen molar-refractivity contribution in [3.63, 3.8) is 0 Å². The second-order valence-corrected chi connectivity index (χ2v) is 8.15. The molecular formula is C22H32N2O7. The van der Waals surface area contributed by atoms with Gasteiger partial charge in [-0.15, -0.1) is 0 Å². The zero-order valence-electron chi connectivity index (χ0n) is 17.9. The van der Waals surface area contributed by atoms with Gasteiger partial charge in [-0.25, -0.2) is 0 Å². The number of nitro groups is 1. The molecule has 1 aromatic carbocycles. The first-order valence-corrected chi connectivity index (χ1v) is 10.8. The maximum absolute atomic E-state index is 12.5. The number of piperidine rings is 1. The predicted octanol–water partition coefficient (Wildman–Crippen LogP) is 2.79. The molecule has 9 nitrogen and oxygen atoms in total. The Morgan fingerprint density at radius 1 is 1.32 bits per heavy atom. The molecule has 1 aliphatic heterocycles. The first kappa shape index (κ1) is 24.7. The van der Waals surface area contributed by atoms with Gasteiger partial charge in [0, 0.05) is 37.7 Å². The first-order chi connectivity index (χ1) is 14.8. The summed E-state index contributed by atoms with van der Waals surface area (Å²) in [5.74, 6) is -0.684. The maximum atomic E-state index is 12.5. The van der Waals surface area contributed by atoms with Gasteiger partial charge in [0.15, 0.2) is 0 Å². The topological polar surface area (TPSA) is 130 Å². The SMILES string of the molecule is C[C@@H](CC(O)Cc1ccc([N+](=O)[O-])cc1)[C@H]1CCCC(=O)N1CCCOCCC(=O)O. The molecule has 0 bridgehead atoms. The van der Waals surface area contributed by atoms with Crippen LogP contribution in [0.4, 0.5) is 5.69 Å². The normalized spacial score (nSPS) is 18.6. The molecule has 9 heteroatoms. The molecular weight excluding hydrogens is 404 g/mol. The molecule has 1 saturated heterocycles. The van der Waals surface area contributed by atoms with Gasteiger partial charge in [-0.2, -0.15) is 0 Å². The summed E-state index contributed by atoms with van der Waals surface area (Å²) in [4.78, 5) is 35.2. The second kappa shape index (κ2) is 12.4. The molecule has 1 unspecified atom stereocenters. The fourth-order valence-electron chi connectivity index (χ4n) is 4.12. The number of likely N-dealkylation sites (tertiary alicyclic amines) is 1. The van der Waals surface area contributed by atoms with Gasteiger partial charge < -0.3 is 19.8 Å². The molecule has 0 aromatic heterocycles. The molecule has 1 aliphatic rings. The lowest BCUT2D eigenvalue weighted by molar-refractivity contribution is -0.384. The number of non-ortho nitro benzene ring substituents is 1. The van der Waals surface area contributed by atoms with Crippen LogP contribution in [0.5, 0.6) is 0 Å². The second-order valence-electron chi connectivity index (χ2n) is 8.15. The van der Waals surface area contributed by atoms with E-state index in [9.17, 15) is 24.8 Å². The number of amides is 1.